The van der Waals surface area contributed by atoms with Crippen molar-refractivity contribution in [3.63, 3.8) is 0 Å². The van der Waals surface area contributed by atoms with Crippen molar-refractivity contribution in [3.8, 4) is 0 Å². The molecule has 0 saturated carbocycles. The van der Waals surface area contributed by atoms with Crippen LogP contribution in [-0.2, 0) is 0 Å². The van der Waals surface area contributed by atoms with E-state index in [4.69, 9.17) is 11.6 Å². The monoisotopic (exact) mass is 157 g/mol. The van der Waals surface area contributed by atoms with Crippen LogP contribution in [0.3, 0.4) is 0 Å². The molecule has 0 fully saturated rings. The van der Waals surface area contributed by atoms with Gasteiger partial charge >= 0.3 is 0 Å². The molecule has 1 rings (SSSR count). The topological polar surface area (TPSA) is 32.9 Å². The summed E-state index contributed by atoms with van der Waals surface area (Å²) < 4.78 is 0. The summed E-state index contributed by atoms with van der Waals surface area (Å²) in [5.41, 5.74) is 2.25. The van der Waals surface area contributed by atoms with Crippen molar-refractivity contribution in [3.05, 3.63) is 22.0 Å². The van der Waals surface area contributed by atoms with Crippen LogP contribution in [0.1, 0.15) is 21.7 Å². The Kier molecular flexibility index (Phi) is 1.81. The molecule has 54 valence electrons. The zero-order valence-electron chi connectivity index (χ0n) is 5.86. The van der Waals surface area contributed by atoms with Crippen LogP contribution in [0.5, 0.6) is 0 Å². The van der Waals surface area contributed by atoms with E-state index in [1.807, 2.05) is 13.8 Å². The SMILES string of the molecule is Cc1[nH]c(C)c(C=O)c1Cl. The third-order valence-electron chi connectivity index (χ3n) is 1.46. The van der Waals surface area contributed by atoms with E-state index in [1.54, 1.807) is 0 Å². The highest BCUT2D eigenvalue weighted by molar-refractivity contribution is 6.33. The Morgan fingerprint density at radius 1 is 1.40 bits per heavy atom. The van der Waals surface area contributed by atoms with E-state index in [-0.39, 0.29) is 0 Å². The fraction of sp³-hybridized carbons (Fsp3) is 0.286. The molecule has 10 heavy (non-hydrogen) atoms. The summed E-state index contributed by atoms with van der Waals surface area (Å²) in [5.74, 6) is 0. The van der Waals surface area contributed by atoms with Crippen LogP contribution in [0, 0.1) is 13.8 Å². The molecule has 1 heterocycles. The van der Waals surface area contributed by atoms with E-state index in [0.717, 1.165) is 17.7 Å². The van der Waals surface area contributed by atoms with Gasteiger partial charge in [-0.15, -0.1) is 0 Å². The highest BCUT2D eigenvalue weighted by atomic mass is 35.5. The van der Waals surface area contributed by atoms with Gasteiger partial charge < -0.3 is 4.98 Å². The molecule has 3 heteroatoms. The molecule has 0 saturated heterocycles. The number of aromatic amines is 1. The molecule has 0 aliphatic carbocycles. The lowest BCUT2D eigenvalue weighted by molar-refractivity contribution is 0.112. The molecule has 1 aromatic rings. The van der Waals surface area contributed by atoms with Crippen LogP contribution in [0.25, 0.3) is 0 Å². The first-order valence-corrected chi connectivity index (χ1v) is 3.34. The van der Waals surface area contributed by atoms with Gasteiger partial charge in [0.05, 0.1) is 10.6 Å². The van der Waals surface area contributed by atoms with Crippen molar-refractivity contribution in [2.24, 2.45) is 0 Å². The summed E-state index contributed by atoms with van der Waals surface area (Å²) in [7, 11) is 0. The van der Waals surface area contributed by atoms with Gasteiger partial charge in [0.25, 0.3) is 0 Å². The Balaban J connectivity index is 3.33. The second kappa shape index (κ2) is 2.46. The predicted molar refractivity (Wildman–Crippen MR) is 40.7 cm³/mol. The number of aldehydes is 1. The van der Waals surface area contributed by atoms with Crippen LogP contribution in [0.15, 0.2) is 0 Å². The van der Waals surface area contributed by atoms with Crippen molar-refractivity contribution in [2.75, 3.05) is 0 Å². The van der Waals surface area contributed by atoms with E-state index in [0.29, 0.717) is 10.6 Å². The van der Waals surface area contributed by atoms with Gasteiger partial charge in [-0.05, 0) is 13.8 Å². The van der Waals surface area contributed by atoms with Gasteiger partial charge in [-0.1, -0.05) is 11.6 Å². The molecule has 0 bridgehead atoms. The molecule has 0 aliphatic rings. The zero-order chi connectivity index (χ0) is 7.72. The second-order valence-corrected chi connectivity index (χ2v) is 2.60. The van der Waals surface area contributed by atoms with Gasteiger partial charge in [-0.3, -0.25) is 4.79 Å². The lowest BCUT2D eigenvalue weighted by atomic mass is 10.3. The average Bonchev–Trinajstić information content (AvgIpc) is 2.09. The third-order valence-corrected chi connectivity index (χ3v) is 1.95. The fourth-order valence-corrected chi connectivity index (χ4v) is 1.14. The summed E-state index contributed by atoms with van der Waals surface area (Å²) in [6.07, 6.45) is 0.765. The van der Waals surface area contributed by atoms with Crippen LogP contribution in [0.2, 0.25) is 5.02 Å². The molecule has 0 aromatic carbocycles. The van der Waals surface area contributed by atoms with Gasteiger partial charge in [0.2, 0.25) is 0 Å². The molecule has 0 radical (unpaired) electrons. The van der Waals surface area contributed by atoms with E-state index >= 15 is 0 Å². The second-order valence-electron chi connectivity index (χ2n) is 2.22. The first-order valence-electron chi connectivity index (χ1n) is 2.96. The van der Waals surface area contributed by atoms with Gasteiger partial charge in [0.15, 0.2) is 6.29 Å². The molecule has 2 nitrogen and oxygen atoms in total. The normalized spacial score (nSPS) is 9.90. The van der Waals surface area contributed by atoms with E-state index in [1.165, 1.54) is 0 Å². The summed E-state index contributed by atoms with van der Waals surface area (Å²) in [4.78, 5) is 13.3. The van der Waals surface area contributed by atoms with Crippen LogP contribution in [-0.4, -0.2) is 11.3 Å². The van der Waals surface area contributed by atoms with Gasteiger partial charge in [-0.2, -0.15) is 0 Å². The molecule has 0 spiro atoms. The zero-order valence-corrected chi connectivity index (χ0v) is 6.62. The molecule has 0 unspecified atom stereocenters. The number of aromatic nitrogens is 1. The Bertz CT molecular complexity index is 265. The van der Waals surface area contributed by atoms with Crippen LogP contribution >= 0.6 is 11.6 Å². The Morgan fingerprint density at radius 2 is 2.00 bits per heavy atom. The maximum atomic E-state index is 10.4. The molecule has 1 N–H and O–H groups in total. The predicted octanol–water partition coefficient (Wildman–Crippen LogP) is 2.10. The number of hydrogen-bond donors (Lipinski definition) is 1. The maximum Gasteiger partial charge on any atom is 0.153 e. The summed E-state index contributed by atoms with van der Waals surface area (Å²) in [5, 5.41) is 0.535. The van der Waals surface area contributed by atoms with Crippen molar-refractivity contribution in [1.82, 2.24) is 4.98 Å². The third kappa shape index (κ3) is 0.948. The first kappa shape index (κ1) is 7.35. The number of aryl methyl sites for hydroxylation is 2. The maximum absolute atomic E-state index is 10.4. The van der Waals surface area contributed by atoms with E-state index < -0.39 is 0 Å². The number of H-pyrrole nitrogens is 1. The number of hydrogen-bond acceptors (Lipinski definition) is 1. The summed E-state index contributed by atoms with van der Waals surface area (Å²) in [6, 6.07) is 0. The van der Waals surface area contributed by atoms with Crippen LogP contribution < -0.4 is 0 Å². The molecule has 0 aliphatic heterocycles. The number of carbonyl (C=O) groups is 1. The van der Waals surface area contributed by atoms with Gasteiger partial charge in [-0.25, -0.2) is 0 Å². The average molecular weight is 158 g/mol. The number of nitrogens with one attached hydrogen (secondary N) is 1. The largest absolute Gasteiger partial charge is 0.361 e. The first-order chi connectivity index (χ1) is 4.66. The molecule has 1 aromatic heterocycles. The Hall–Kier alpha value is -0.760. The van der Waals surface area contributed by atoms with Crippen molar-refractivity contribution in [2.45, 2.75) is 13.8 Å². The van der Waals surface area contributed by atoms with Crippen LogP contribution in [0.4, 0.5) is 0 Å². The number of rotatable bonds is 1. The quantitative estimate of drug-likeness (QED) is 0.623. The lowest BCUT2D eigenvalue weighted by Gasteiger charge is -1.84. The van der Waals surface area contributed by atoms with Crippen molar-refractivity contribution >= 4 is 17.9 Å². The van der Waals surface area contributed by atoms with E-state index in [9.17, 15) is 4.79 Å². The molecular weight excluding hydrogens is 150 g/mol. The molecule has 0 atom stereocenters. The van der Waals surface area contributed by atoms with Crippen molar-refractivity contribution < 1.29 is 4.79 Å². The number of carbonyl (C=O) groups excluding carboxylic acids is 1. The highest BCUT2D eigenvalue weighted by Crippen LogP contribution is 2.21. The van der Waals surface area contributed by atoms with E-state index in [2.05, 4.69) is 4.98 Å². The number of halogens is 1. The van der Waals surface area contributed by atoms with Gasteiger partial charge in [0.1, 0.15) is 0 Å². The lowest BCUT2D eigenvalue weighted by Crippen LogP contribution is -1.79. The Labute approximate surface area is 64.2 Å². The highest BCUT2D eigenvalue weighted by Gasteiger charge is 2.07. The standard InChI is InChI=1S/C7H8ClNO/c1-4-6(3-10)7(8)5(2)9-4/h3,9H,1-2H3. The minimum absolute atomic E-state index is 0.535. The summed E-state index contributed by atoms with van der Waals surface area (Å²) >= 11 is 5.75. The minimum Gasteiger partial charge on any atom is -0.361 e. The molecular formula is C7H8ClNO. The Morgan fingerprint density at radius 3 is 2.20 bits per heavy atom. The minimum atomic E-state index is 0.535. The fourth-order valence-electron chi connectivity index (χ4n) is 0.910. The summed E-state index contributed by atoms with van der Waals surface area (Å²) in [6.45, 7) is 3.66. The van der Waals surface area contributed by atoms with Crippen molar-refractivity contribution in [1.29, 1.82) is 0 Å². The van der Waals surface area contributed by atoms with Gasteiger partial charge in [0, 0.05) is 11.4 Å². The molecule has 0 amide bonds. The smallest absolute Gasteiger partial charge is 0.153 e.